The second-order valence-corrected chi connectivity index (χ2v) is 11.2. The van der Waals surface area contributed by atoms with Gasteiger partial charge in [-0.1, -0.05) is 107 Å². The average molecular weight is 497 g/mol. The Bertz CT molecular complexity index is 1170. The standard InChI is InChI=1S/C36H45F/c1-3-5-7-8-10-12-33-24-25-34-27-30(19-26-35(34)36(33)37)14-13-29-17-22-32(23-18-29)31-20-15-28(16-21-31)11-9-6-4-2/h17-19,22-28,31H,3-12,15-16,20-21H2,1-2H3. The van der Waals surface area contributed by atoms with Gasteiger partial charge < -0.3 is 0 Å². The Balaban J connectivity index is 1.33. The van der Waals surface area contributed by atoms with Crippen LogP contribution in [0.25, 0.3) is 10.8 Å². The van der Waals surface area contributed by atoms with Crippen molar-refractivity contribution in [3.8, 4) is 11.8 Å². The summed E-state index contributed by atoms with van der Waals surface area (Å²) < 4.78 is 15.1. The summed E-state index contributed by atoms with van der Waals surface area (Å²) in [4.78, 5) is 0. The van der Waals surface area contributed by atoms with Crippen molar-refractivity contribution in [2.24, 2.45) is 5.92 Å². The molecule has 0 radical (unpaired) electrons. The van der Waals surface area contributed by atoms with Crippen molar-refractivity contribution in [1.82, 2.24) is 0 Å². The molecule has 1 saturated carbocycles. The van der Waals surface area contributed by atoms with E-state index in [2.05, 4.69) is 56.0 Å². The van der Waals surface area contributed by atoms with Gasteiger partial charge in [0.25, 0.3) is 0 Å². The first-order valence-electron chi connectivity index (χ1n) is 15.0. The van der Waals surface area contributed by atoms with Gasteiger partial charge >= 0.3 is 0 Å². The Morgan fingerprint density at radius 1 is 0.703 bits per heavy atom. The summed E-state index contributed by atoms with van der Waals surface area (Å²) >= 11 is 0. The Morgan fingerprint density at radius 3 is 2.14 bits per heavy atom. The van der Waals surface area contributed by atoms with Crippen molar-refractivity contribution in [3.05, 3.63) is 82.7 Å². The minimum absolute atomic E-state index is 0.0573. The van der Waals surface area contributed by atoms with Crippen LogP contribution in [0.15, 0.2) is 54.6 Å². The zero-order valence-corrected chi connectivity index (χ0v) is 23.1. The molecule has 0 nitrogen and oxygen atoms in total. The molecule has 1 aliphatic rings. The number of rotatable bonds is 11. The molecule has 0 aromatic heterocycles. The Hall–Kier alpha value is -2.59. The van der Waals surface area contributed by atoms with Gasteiger partial charge in [0, 0.05) is 16.5 Å². The zero-order valence-electron chi connectivity index (χ0n) is 23.1. The summed E-state index contributed by atoms with van der Waals surface area (Å²) in [6.45, 7) is 4.51. The van der Waals surface area contributed by atoms with Crippen molar-refractivity contribution in [2.45, 2.75) is 110 Å². The van der Waals surface area contributed by atoms with Crippen LogP contribution in [0.1, 0.15) is 125 Å². The molecule has 3 aromatic carbocycles. The number of hydrogen-bond donors (Lipinski definition) is 0. The lowest BCUT2D eigenvalue weighted by molar-refractivity contribution is 0.303. The highest BCUT2D eigenvalue weighted by molar-refractivity contribution is 5.85. The molecule has 0 N–H and O–H groups in total. The van der Waals surface area contributed by atoms with Crippen LogP contribution in [0.2, 0.25) is 0 Å². The highest BCUT2D eigenvalue weighted by atomic mass is 19.1. The summed E-state index contributed by atoms with van der Waals surface area (Å²) in [6, 6.07) is 18.8. The van der Waals surface area contributed by atoms with Crippen LogP contribution in [0.3, 0.4) is 0 Å². The van der Waals surface area contributed by atoms with E-state index in [1.165, 1.54) is 82.6 Å². The number of halogens is 1. The van der Waals surface area contributed by atoms with Gasteiger partial charge in [-0.25, -0.2) is 4.39 Å². The summed E-state index contributed by atoms with van der Waals surface area (Å²) in [5.41, 5.74) is 4.29. The van der Waals surface area contributed by atoms with Gasteiger partial charge in [0.1, 0.15) is 5.82 Å². The maximum absolute atomic E-state index is 15.1. The molecule has 0 saturated heterocycles. The molecule has 0 amide bonds. The monoisotopic (exact) mass is 496 g/mol. The fourth-order valence-electron chi connectivity index (χ4n) is 5.98. The van der Waals surface area contributed by atoms with Crippen LogP contribution < -0.4 is 0 Å². The molecular weight excluding hydrogens is 451 g/mol. The van der Waals surface area contributed by atoms with Gasteiger partial charge in [0.2, 0.25) is 0 Å². The van der Waals surface area contributed by atoms with Gasteiger partial charge in [0.15, 0.2) is 0 Å². The number of aryl methyl sites for hydroxylation is 1. The summed E-state index contributed by atoms with van der Waals surface area (Å²) in [7, 11) is 0. The predicted molar refractivity (Wildman–Crippen MR) is 158 cm³/mol. The second-order valence-electron chi connectivity index (χ2n) is 11.2. The maximum Gasteiger partial charge on any atom is 0.134 e. The van der Waals surface area contributed by atoms with E-state index in [9.17, 15) is 0 Å². The number of hydrogen-bond acceptors (Lipinski definition) is 0. The lowest BCUT2D eigenvalue weighted by atomic mass is 9.77. The zero-order chi connectivity index (χ0) is 25.9. The van der Waals surface area contributed by atoms with Gasteiger partial charge in [-0.3, -0.25) is 0 Å². The lowest BCUT2D eigenvalue weighted by Gasteiger charge is -2.29. The van der Waals surface area contributed by atoms with E-state index in [0.29, 0.717) is 11.3 Å². The van der Waals surface area contributed by atoms with E-state index >= 15 is 4.39 Å². The molecule has 4 rings (SSSR count). The smallest absolute Gasteiger partial charge is 0.134 e. The van der Waals surface area contributed by atoms with E-state index < -0.39 is 0 Å². The van der Waals surface area contributed by atoms with Crippen LogP contribution >= 0.6 is 0 Å². The average Bonchev–Trinajstić information content (AvgIpc) is 2.94. The SMILES string of the molecule is CCCCCCCc1ccc2cc(C#Cc3ccc(C4CCC(CCCCC)CC4)cc3)ccc2c1F. The topological polar surface area (TPSA) is 0 Å². The van der Waals surface area contributed by atoms with Crippen LogP contribution in [0.5, 0.6) is 0 Å². The van der Waals surface area contributed by atoms with Crippen molar-refractivity contribution in [3.63, 3.8) is 0 Å². The molecule has 0 atom stereocenters. The van der Waals surface area contributed by atoms with Crippen molar-refractivity contribution < 1.29 is 4.39 Å². The highest BCUT2D eigenvalue weighted by Crippen LogP contribution is 2.37. The normalized spacial score (nSPS) is 17.5. The van der Waals surface area contributed by atoms with Gasteiger partial charge in [0.05, 0.1) is 0 Å². The molecule has 1 aliphatic carbocycles. The van der Waals surface area contributed by atoms with Crippen molar-refractivity contribution >= 4 is 10.8 Å². The minimum atomic E-state index is -0.0573. The first kappa shape index (κ1) is 27.4. The number of unbranched alkanes of at least 4 members (excludes halogenated alkanes) is 6. The van der Waals surface area contributed by atoms with E-state index in [0.717, 1.165) is 40.8 Å². The third-order valence-electron chi connectivity index (χ3n) is 8.38. The lowest BCUT2D eigenvalue weighted by Crippen LogP contribution is -2.13. The molecule has 196 valence electrons. The third kappa shape index (κ3) is 7.95. The van der Waals surface area contributed by atoms with E-state index in [1.807, 2.05) is 24.3 Å². The Morgan fingerprint density at radius 2 is 1.38 bits per heavy atom. The number of benzene rings is 3. The summed E-state index contributed by atoms with van der Waals surface area (Å²) in [5.74, 6) is 8.22. The van der Waals surface area contributed by atoms with Crippen LogP contribution in [0, 0.1) is 23.6 Å². The molecular formula is C36H45F. The minimum Gasteiger partial charge on any atom is -0.206 e. The molecule has 1 heteroatoms. The molecule has 0 spiro atoms. The predicted octanol–water partition coefficient (Wildman–Crippen LogP) is 10.7. The molecule has 0 aliphatic heterocycles. The fraction of sp³-hybridized carbons (Fsp3) is 0.500. The van der Waals surface area contributed by atoms with E-state index in [4.69, 9.17) is 0 Å². The molecule has 0 bridgehead atoms. The van der Waals surface area contributed by atoms with E-state index in [1.54, 1.807) is 0 Å². The fourth-order valence-corrected chi connectivity index (χ4v) is 5.98. The Labute approximate surface area is 225 Å². The summed E-state index contributed by atoms with van der Waals surface area (Å²) in [6.07, 6.45) is 17.8. The highest BCUT2D eigenvalue weighted by Gasteiger charge is 2.21. The number of fused-ring (bicyclic) bond motifs is 1. The van der Waals surface area contributed by atoms with Crippen LogP contribution in [0.4, 0.5) is 4.39 Å². The van der Waals surface area contributed by atoms with Crippen molar-refractivity contribution in [2.75, 3.05) is 0 Å². The summed E-state index contributed by atoms with van der Waals surface area (Å²) in [5, 5.41) is 1.64. The third-order valence-corrected chi connectivity index (χ3v) is 8.38. The van der Waals surface area contributed by atoms with E-state index in [-0.39, 0.29) is 5.82 Å². The maximum atomic E-state index is 15.1. The van der Waals surface area contributed by atoms with Crippen LogP contribution in [-0.2, 0) is 6.42 Å². The largest absolute Gasteiger partial charge is 0.206 e. The Kier molecular flexibility index (Phi) is 10.7. The molecule has 1 fully saturated rings. The van der Waals surface area contributed by atoms with Crippen molar-refractivity contribution in [1.29, 1.82) is 0 Å². The molecule has 0 heterocycles. The van der Waals surface area contributed by atoms with Gasteiger partial charge in [-0.15, -0.1) is 0 Å². The molecule has 0 unspecified atom stereocenters. The van der Waals surface area contributed by atoms with Gasteiger partial charge in [-0.2, -0.15) is 0 Å². The first-order valence-corrected chi connectivity index (χ1v) is 15.0. The molecule has 3 aromatic rings. The van der Waals surface area contributed by atoms with Gasteiger partial charge in [-0.05, 0) is 91.1 Å². The quantitative estimate of drug-likeness (QED) is 0.183. The second kappa shape index (κ2) is 14.4. The molecule has 37 heavy (non-hydrogen) atoms. The first-order chi connectivity index (χ1) is 18.2. The van der Waals surface area contributed by atoms with Crippen LogP contribution in [-0.4, -0.2) is 0 Å².